The van der Waals surface area contributed by atoms with Crippen molar-refractivity contribution in [2.45, 2.75) is 77.9 Å². The third-order valence-corrected chi connectivity index (χ3v) is 10.6. The van der Waals surface area contributed by atoms with Crippen molar-refractivity contribution in [3.8, 4) is 0 Å². The van der Waals surface area contributed by atoms with Crippen LogP contribution < -0.4 is 16.0 Å². The highest BCUT2D eigenvalue weighted by Crippen LogP contribution is 2.57. The van der Waals surface area contributed by atoms with Gasteiger partial charge >= 0.3 is 6.09 Å². The van der Waals surface area contributed by atoms with Crippen molar-refractivity contribution < 1.29 is 28.2 Å². The molecule has 3 N–H and O–H groups in total. The van der Waals surface area contributed by atoms with E-state index in [-0.39, 0.29) is 36.7 Å². The summed E-state index contributed by atoms with van der Waals surface area (Å²) in [5.74, 6) is -1.45. The van der Waals surface area contributed by atoms with Crippen molar-refractivity contribution >= 4 is 25.4 Å². The molecule has 43 heavy (non-hydrogen) atoms. The molecule has 10 nitrogen and oxygen atoms in total. The number of ether oxygens (including phenoxy) is 1. The molecular weight excluding hydrogens is 567 g/mol. The Morgan fingerprint density at radius 2 is 1.60 bits per heavy atom. The van der Waals surface area contributed by atoms with Crippen LogP contribution in [0.2, 0.25) is 0 Å². The fourth-order valence-corrected chi connectivity index (χ4v) is 7.68. The van der Waals surface area contributed by atoms with Crippen molar-refractivity contribution in [3.05, 3.63) is 71.8 Å². The Morgan fingerprint density at radius 3 is 2.19 bits per heavy atom. The van der Waals surface area contributed by atoms with Gasteiger partial charge < -0.3 is 25.2 Å². The van der Waals surface area contributed by atoms with Gasteiger partial charge in [0.1, 0.15) is 18.4 Å². The molecule has 0 bridgehead atoms. The lowest BCUT2D eigenvalue weighted by molar-refractivity contribution is -0.132. The van der Waals surface area contributed by atoms with Crippen LogP contribution in [0.4, 0.5) is 4.79 Å². The first-order valence-electron chi connectivity index (χ1n) is 15.1. The Morgan fingerprint density at radius 1 is 0.977 bits per heavy atom. The van der Waals surface area contributed by atoms with E-state index in [0.29, 0.717) is 32.4 Å². The average Bonchev–Trinajstić information content (AvgIpc) is 3.52. The van der Waals surface area contributed by atoms with E-state index >= 15 is 0 Å². The van der Waals surface area contributed by atoms with Gasteiger partial charge in [-0.25, -0.2) is 9.46 Å². The second kappa shape index (κ2) is 16.6. The first-order valence-corrected chi connectivity index (χ1v) is 16.8. The molecule has 5 atom stereocenters. The largest absolute Gasteiger partial charge is 0.445 e. The van der Waals surface area contributed by atoms with Gasteiger partial charge in [0.2, 0.25) is 11.8 Å². The molecule has 0 spiro atoms. The summed E-state index contributed by atoms with van der Waals surface area (Å²) in [6.07, 6.45) is 1.20. The van der Waals surface area contributed by atoms with Gasteiger partial charge in [-0.2, -0.15) is 0 Å². The first kappa shape index (κ1) is 34.3. The predicted molar refractivity (Wildman–Crippen MR) is 167 cm³/mol. The molecule has 1 aliphatic rings. The highest BCUT2D eigenvalue weighted by atomic mass is 31.2. The van der Waals surface area contributed by atoms with Crippen LogP contribution in [0.3, 0.4) is 0 Å². The number of carbonyl (C=O) groups excluding carboxylic acids is 3. The van der Waals surface area contributed by atoms with E-state index in [2.05, 4.69) is 16.0 Å². The van der Waals surface area contributed by atoms with Crippen LogP contribution in [0.5, 0.6) is 0 Å². The van der Waals surface area contributed by atoms with E-state index in [1.807, 2.05) is 88.4 Å². The molecule has 1 saturated heterocycles. The van der Waals surface area contributed by atoms with E-state index in [0.717, 1.165) is 11.1 Å². The van der Waals surface area contributed by atoms with Crippen LogP contribution >= 0.6 is 7.52 Å². The van der Waals surface area contributed by atoms with Crippen LogP contribution in [0.1, 0.15) is 58.1 Å². The van der Waals surface area contributed by atoms with Crippen molar-refractivity contribution in [3.63, 3.8) is 0 Å². The maximum atomic E-state index is 14.8. The quantitative estimate of drug-likeness (QED) is 0.239. The number of hydrogen-bond donors (Lipinski definition) is 3. The van der Waals surface area contributed by atoms with Crippen LogP contribution in [-0.4, -0.2) is 60.6 Å². The van der Waals surface area contributed by atoms with Crippen molar-refractivity contribution in [1.29, 1.82) is 0 Å². The molecule has 1 fully saturated rings. The summed E-state index contributed by atoms with van der Waals surface area (Å²) in [4.78, 5) is 39.8. The predicted octanol–water partition coefficient (Wildman–Crippen LogP) is 5.09. The Kier molecular flexibility index (Phi) is 13.2. The fraction of sp³-hybridized carbons (Fsp3) is 0.531. The zero-order valence-electron chi connectivity index (χ0n) is 26.0. The smallest absolute Gasteiger partial charge is 0.408 e. The Labute approximate surface area is 255 Å². The molecule has 2 aromatic carbocycles. The zero-order valence-corrected chi connectivity index (χ0v) is 26.8. The number of benzene rings is 2. The normalized spacial score (nSPS) is 18.7. The summed E-state index contributed by atoms with van der Waals surface area (Å²) in [7, 11) is -2.51. The molecule has 11 heteroatoms. The van der Waals surface area contributed by atoms with Crippen molar-refractivity contribution in [1.82, 2.24) is 20.6 Å². The summed E-state index contributed by atoms with van der Waals surface area (Å²) in [5, 5.41) is 8.67. The lowest BCUT2D eigenvalue weighted by atomic mass is 9.97. The minimum atomic E-state index is -3.85. The van der Waals surface area contributed by atoms with Gasteiger partial charge in [0, 0.05) is 26.6 Å². The number of nitrogens with one attached hydrogen (secondary N) is 3. The van der Waals surface area contributed by atoms with E-state index in [4.69, 9.17) is 9.26 Å². The number of rotatable bonds is 15. The van der Waals surface area contributed by atoms with Gasteiger partial charge in [-0.1, -0.05) is 94.8 Å². The molecule has 0 aliphatic carbocycles. The maximum absolute atomic E-state index is 14.8. The van der Waals surface area contributed by atoms with Gasteiger partial charge in [-0.05, 0) is 35.8 Å². The fourth-order valence-electron chi connectivity index (χ4n) is 5.11. The van der Waals surface area contributed by atoms with Crippen LogP contribution in [-0.2, 0) is 36.4 Å². The Hall–Kier alpha value is -3.20. The second-order valence-corrected chi connectivity index (χ2v) is 14.1. The zero-order chi connectivity index (χ0) is 31.4. The van der Waals surface area contributed by atoms with Crippen LogP contribution in [0, 0.1) is 11.8 Å². The van der Waals surface area contributed by atoms with E-state index in [9.17, 15) is 18.9 Å². The number of hydrogen-bond acceptors (Lipinski definition) is 6. The number of nitrogens with zero attached hydrogens (tertiary/aromatic N) is 1. The first-order chi connectivity index (χ1) is 20.6. The van der Waals surface area contributed by atoms with E-state index in [1.54, 1.807) is 4.67 Å². The molecule has 0 radical (unpaired) electrons. The molecule has 0 unspecified atom stereocenters. The molecule has 2 aromatic rings. The van der Waals surface area contributed by atoms with Gasteiger partial charge in [0.05, 0.1) is 6.04 Å². The SMILES string of the molecule is CC[C@H](C)[C@H](NC(=O)[C@@H]1CCCN1[P@](=O)(OC)[C@H](Cc1ccccc1)NC(=O)OCc1ccccc1)C(=O)NCC(C)C. The van der Waals surface area contributed by atoms with Crippen molar-refractivity contribution in [2.75, 3.05) is 20.2 Å². The molecule has 0 saturated carbocycles. The maximum Gasteiger partial charge on any atom is 0.408 e. The van der Waals surface area contributed by atoms with Crippen LogP contribution in [0.15, 0.2) is 60.7 Å². The highest BCUT2D eigenvalue weighted by molar-refractivity contribution is 7.57. The topological polar surface area (TPSA) is 126 Å². The van der Waals surface area contributed by atoms with E-state index < -0.39 is 31.5 Å². The highest BCUT2D eigenvalue weighted by Gasteiger charge is 2.48. The van der Waals surface area contributed by atoms with Gasteiger partial charge in [-0.15, -0.1) is 0 Å². The summed E-state index contributed by atoms with van der Waals surface area (Å²) in [6, 6.07) is 17.1. The molecule has 1 heterocycles. The Balaban J connectivity index is 1.83. The molecule has 236 valence electrons. The van der Waals surface area contributed by atoms with E-state index in [1.165, 1.54) is 7.11 Å². The molecule has 0 aromatic heterocycles. The second-order valence-electron chi connectivity index (χ2n) is 11.5. The van der Waals surface area contributed by atoms with Crippen LogP contribution in [0.25, 0.3) is 0 Å². The lowest BCUT2D eigenvalue weighted by Gasteiger charge is -2.36. The number of carbonyl (C=O) groups is 3. The standard InChI is InChI=1S/C32H47N4O6P/c1-6-24(4)29(31(38)33-21-23(2)3)35-30(37)27-18-13-19-36(27)43(40,41-5)28(20-25-14-9-7-10-15-25)34-32(39)42-22-26-16-11-8-12-17-26/h7-12,14-17,23-24,27-29H,6,13,18-22H2,1-5H3,(H,33,38)(H,34,39)(H,35,37)/t24-,27-,28+,29-,43+/m0/s1. The minimum Gasteiger partial charge on any atom is -0.445 e. The lowest BCUT2D eigenvalue weighted by Crippen LogP contribution is -2.55. The third-order valence-electron chi connectivity index (χ3n) is 7.79. The average molecular weight is 615 g/mol. The van der Waals surface area contributed by atoms with Gasteiger partial charge in [-0.3, -0.25) is 14.2 Å². The molecule has 3 amide bonds. The molecular formula is C32H47N4O6P. The third kappa shape index (κ3) is 9.65. The summed E-state index contributed by atoms with van der Waals surface area (Å²) in [6.45, 7) is 8.80. The molecule has 3 rings (SSSR count). The van der Waals surface area contributed by atoms with Gasteiger partial charge in [0.25, 0.3) is 7.52 Å². The van der Waals surface area contributed by atoms with Crippen molar-refractivity contribution in [2.24, 2.45) is 11.8 Å². The number of alkyl carbamates (subject to hydrolysis) is 1. The molecule has 1 aliphatic heterocycles. The number of amides is 3. The minimum absolute atomic E-state index is 0.0482. The monoisotopic (exact) mass is 614 g/mol. The summed E-state index contributed by atoms with van der Waals surface area (Å²) < 4.78 is 27.6. The Bertz CT molecular complexity index is 1230. The van der Waals surface area contributed by atoms with Gasteiger partial charge in [0.15, 0.2) is 0 Å². The summed E-state index contributed by atoms with van der Waals surface area (Å²) in [5.41, 5.74) is 1.66. The summed E-state index contributed by atoms with van der Waals surface area (Å²) >= 11 is 0.